The molecule has 6 nitrogen and oxygen atoms in total. The molecule has 0 unspecified atom stereocenters. The van der Waals surface area contributed by atoms with Crippen molar-refractivity contribution in [2.24, 2.45) is 5.41 Å². The summed E-state index contributed by atoms with van der Waals surface area (Å²) in [6.07, 6.45) is 0.593. The number of carboxylic acid groups (broad SMARTS) is 1. The number of piperidine rings is 1. The van der Waals surface area contributed by atoms with E-state index in [2.05, 4.69) is 0 Å². The van der Waals surface area contributed by atoms with Crippen LogP contribution in [0.25, 0.3) is 0 Å². The van der Waals surface area contributed by atoms with Gasteiger partial charge in [0, 0.05) is 26.8 Å². The summed E-state index contributed by atoms with van der Waals surface area (Å²) < 4.78 is 10.6. The molecule has 20 heavy (non-hydrogen) atoms. The number of rotatable bonds is 4. The molecule has 116 valence electrons. The van der Waals surface area contributed by atoms with Crippen LogP contribution in [0.4, 0.5) is 4.79 Å². The quantitative estimate of drug-likeness (QED) is 0.802. The number of likely N-dealkylation sites (tertiary alicyclic amines) is 1. The number of esters is 1. The second kappa shape index (κ2) is 6.43. The van der Waals surface area contributed by atoms with Crippen LogP contribution in [0.1, 0.15) is 40.0 Å². The predicted molar refractivity (Wildman–Crippen MR) is 73.6 cm³/mol. The van der Waals surface area contributed by atoms with Crippen LogP contribution in [0.5, 0.6) is 0 Å². The lowest BCUT2D eigenvalue weighted by molar-refractivity contribution is -0.172. The van der Waals surface area contributed by atoms with Crippen molar-refractivity contribution in [1.29, 1.82) is 0 Å². The lowest BCUT2D eigenvalue weighted by atomic mass is 9.75. The molecule has 1 fully saturated rings. The van der Waals surface area contributed by atoms with Crippen LogP contribution in [0.15, 0.2) is 0 Å². The molecule has 0 aromatic rings. The molecule has 0 aromatic carbocycles. The minimum absolute atomic E-state index is 0.243. The van der Waals surface area contributed by atoms with Gasteiger partial charge in [0.15, 0.2) is 0 Å². The second-order valence-corrected chi connectivity index (χ2v) is 6.29. The first-order valence-corrected chi connectivity index (χ1v) is 6.90. The van der Waals surface area contributed by atoms with E-state index in [-0.39, 0.29) is 5.97 Å². The van der Waals surface area contributed by atoms with E-state index in [0.29, 0.717) is 39.0 Å². The fraction of sp³-hybridized carbons (Fsp3) is 0.857. The Labute approximate surface area is 120 Å². The van der Waals surface area contributed by atoms with E-state index < -0.39 is 17.1 Å². The Kier molecular flexibility index (Phi) is 5.39. The molecule has 1 amide bonds. The summed E-state index contributed by atoms with van der Waals surface area (Å²) in [6, 6.07) is 0. The monoisotopic (exact) mass is 287 g/mol. The molecule has 1 N–H and O–H groups in total. The van der Waals surface area contributed by atoms with Gasteiger partial charge >= 0.3 is 12.1 Å². The topological polar surface area (TPSA) is 76.1 Å². The van der Waals surface area contributed by atoms with E-state index in [1.165, 1.54) is 4.90 Å². The third-order valence-corrected chi connectivity index (χ3v) is 3.61. The van der Waals surface area contributed by atoms with Gasteiger partial charge in [-0.05, 0) is 40.0 Å². The fourth-order valence-corrected chi connectivity index (χ4v) is 2.37. The molecule has 1 aliphatic heterocycles. The van der Waals surface area contributed by atoms with Gasteiger partial charge < -0.3 is 19.5 Å². The third-order valence-electron chi connectivity index (χ3n) is 3.61. The third kappa shape index (κ3) is 4.37. The molecule has 6 heteroatoms. The van der Waals surface area contributed by atoms with E-state index in [9.17, 15) is 9.59 Å². The van der Waals surface area contributed by atoms with Crippen LogP contribution >= 0.6 is 0 Å². The highest BCUT2D eigenvalue weighted by Gasteiger charge is 2.44. The molecule has 0 saturated carbocycles. The first-order valence-electron chi connectivity index (χ1n) is 6.90. The molecule has 0 aromatic heterocycles. The van der Waals surface area contributed by atoms with E-state index >= 15 is 0 Å². The number of hydrogen-bond donors (Lipinski definition) is 1. The predicted octanol–water partition coefficient (Wildman–Crippen LogP) is 2.12. The number of methoxy groups -OCH3 is 1. The molecule has 1 aliphatic rings. The highest BCUT2D eigenvalue weighted by Crippen LogP contribution is 2.37. The second-order valence-electron chi connectivity index (χ2n) is 6.29. The van der Waals surface area contributed by atoms with E-state index in [1.54, 1.807) is 7.11 Å². The van der Waals surface area contributed by atoms with Gasteiger partial charge in [-0.2, -0.15) is 0 Å². The Morgan fingerprint density at radius 3 is 2.20 bits per heavy atom. The molecule has 1 saturated heterocycles. The van der Waals surface area contributed by atoms with Gasteiger partial charge in [0.1, 0.15) is 5.60 Å². The van der Waals surface area contributed by atoms with E-state index in [1.807, 2.05) is 20.8 Å². The largest absolute Gasteiger partial charge is 0.465 e. The minimum Gasteiger partial charge on any atom is -0.465 e. The van der Waals surface area contributed by atoms with Gasteiger partial charge in [-0.15, -0.1) is 0 Å². The van der Waals surface area contributed by atoms with Crippen LogP contribution in [0.2, 0.25) is 0 Å². The molecule has 0 aliphatic carbocycles. The Morgan fingerprint density at radius 2 is 1.80 bits per heavy atom. The average molecular weight is 287 g/mol. The summed E-state index contributed by atoms with van der Waals surface area (Å²) in [6.45, 7) is 6.69. The zero-order chi connectivity index (χ0) is 15.4. The normalized spacial score (nSPS) is 18.7. The summed E-state index contributed by atoms with van der Waals surface area (Å²) in [4.78, 5) is 24.8. The van der Waals surface area contributed by atoms with Crippen molar-refractivity contribution in [3.63, 3.8) is 0 Å². The number of hydrogen-bond acceptors (Lipinski definition) is 4. The zero-order valence-corrected chi connectivity index (χ0v) is 12.8. The van der Waals surface area contributed by atoms with Crippen molar-refractivity contribution in [1.82, 2.24) is 4.90 Å². The van der Waals surface area contributed by atoms with Crippen molar-refractivity contribution < 1.29 is 24.2 Å². The molecular weight excluding hydrogens is 262 g/mol. The molecule has 0 radical (unpaired) electrons. The standard InChI is InChI=1S/C14H25NO5/c1-13(2,3)20-11(16)14(7-10-19-4)5-8-15(9-6-14)12(17)18/h5-10H2,1-4H3,(H,17,18). The summed E-state index contributed by atoms with van der Waals surface area (Å²) in [5.41, 5.74) is -1.17. The molecule has 0 atom stereocenters. The van der Waals surface area contributed by atoms with Crippen LogP contribution in [0.3, 0.4) is 0 Å². The summed E-state index contributed by atoms with van der Waals surface area (Å²) in [5.74, 6) is -0.243. The number of amides is 1. The van der Waals surface area contributed by atoms with Crippen molar-refractivity contribution >= 4 is 12.1 Å². The molecule has 0 bridgehead atoms. The summed E-state index contributed by atoms with van der Waals surface area (Å²) in [7, 11) is 1.59. The molecule has 1 heterocycles. The van der Waals surface area contributed by atoms with Gasteiger partial charge in [0.05, 0.1) is 5.41 Å². The number of ether oxygens (including phenoxy) is 2. The van der Waals surface area contributed by atoms with Crippen LogP contribution in [0, 0.1) is 5.41 Å². The van der Waals surface area contributed by atoms with Crippen LogP contribution in [-0.2, 0) is 14.3 Å². The van der Waals surface area contributed by atoms with Crippen molar-refractivity contribution in [3.8, 4) is 0 Å². The number of nitrogens with zero attached hydrogens (tertiary/aromatic N) is 1. The van der Waals surface area contributed by atoms with E-state index in [0.717, 1.165) is 0 Å². The lowest BCUT2D eigenvalue weighted by Crippen LogP contribution is -2.48. The Balaban J connectivity index is 2.78. The summed E-state index contributed by atoms with van der Waals surface area (Å²) >= 11 is 0. The highest BCUT2D eigenvalue weighted by atomic mass is 16.6. The number of carbonyl (C=O) groups excluding carboxylic acids is 1. The maximum atomic E-state index is 12.5. The maximum Gasteiger partial charge on any atom is 0.407 e. The van der Waals surface area contributed by atoms with Crippen molar-refractivity contribution in [2.45, 2.75) is 45.6 Å². The summed E-state index contributed by atoms with van der Waals surface area (Å²) in [5, 5.41) is 8.99. The van der Waals surface area contributed by atoms with Crippen LogP contribution < -0.4 is 0 Å². The lowest BCUT2D eigenvalue weighted by Gasteiger charge is -2.40. The van der Waals surface area contributed by atoms with Gasteiger partial charge in [-0.25, -0.2) is 4.79 Å². The SMILES string of the molecule is COCCC1(C(=O)OC(C)(C)C)CCN(C(=O)O)CC1. The van der Waals surface area contributed by atoms with Crippen molar-refractivity contribution in [2.75, 3.05) is 26.8 Å². The van der Waals surface area contributed by atoms with Gasteiger partial charge in [-0.3, -0.25) is 4.79 Å². The highest BCUT2D eigenvalue weighted by molar-refractivity contribution is 5.78. The van der Waals surface area contributed by atoms with E-state index in [4.69, 9.17) is 14.6 Å². The first kappa shape index (κ1) is 16.8. The van der Waals surface area contributed by atoms with Gasteiger partial charge in [-0.1, -0.05) is 0 Å². The molecular formula is C14H25NO5. The first-order chi connectivity index (χ1) is 9.20. The fourth-order valence-electron chi connectivity index (χ4n) is 2.37. The molecule has 1 rings (SSSR count). The smallest absolute Gasteiger partial charge is 0.407 e. The Hall–Kier alpha value is -1.30. The maximum absolute atomic E-state index is 12.5. The Morgan fingerprint density at radius 1 is 1.25 bits per heavy atom. The van der Waals surface area contributed by atoms with Crippen molar-refractivity contribution in [3.05, 3.63) is 0 Å². The number of carbonyl (C=O) groups is 2. The van der Waals surface area contributed by atoms with Crippen LogP contribution in [-0.4, -0.2) is 54.5 Å². The average Bonchev–Trinajstić information content (AvgIpc) is 2.34. The Bertz CT molecular complexity index is 353. The van der Waals surface area contributed by atoms with Gasteiger partial charge in [0.2, 0.25) is 0 Å². The minimum atomic E-state index is -0.936. The van der Waals surface area contributed by atoms with Gasteiger partial charge in [0.25, 0.3) is 0 Å². The zero-order valence-electron chi connectivity index (χ0n) is 12.8. The molecule has 0 spiro atoms.